The van der Waals surface area contributed by atoms with Gasteiger partial charge in [-0.3, -0.25) is 4.79 Å². The lowest BCUT2D eigenvalue weighted by Crippen LogP contribution is -2.29. The van der Waals surface area contributed by atoms with Gasteiger partial charge >= 0.3 is 0 Å². The molecule has 2 aromatic rings. The summed E-state index contributed by atoms with van der Waals surface area (Å²) in [5.74, 6) is 2.27. The number of aryl methyl sites for hydroxylation is 1. The Balaban J connectivity index is 1.68. The van der Waals surface area contributed by atoms with Crippen LogP contribution < -0.4 is 4.74 Å². The number of imidazole rings is 1. The fraction of sp³-hybridized carbons (Fsp3) is 0.524. The number of rotatable bonds is 5. The number of carbonyl (C=O) groups excluding carboxylic acids is 1. The first-order valence-corrected chi connectivity index (χ1v) is 9.72. The van der Waals surface area contributed by atoms with Crippen molar-refractivity contribution < 1.29 is 9.53 Å². The molecule has 1 amide bonds. The summed E-state index contributed by atoms with van der Waals surface area (Å²) in [7, 11) is 1.68. The van der Waals surface area contributed by atoms with Crippen LogP contribution in [0.3, 0.4) is 0 Å². The predicted octanol–water partition coefficient (Wildman–Crippen LogP) is 3.37. The Morgan fingerprint density at radius 2 is 2.00 bits per heavy atom. The summed E-state index contributed by atoms with van der Waals surface area (Å²) in [5.41, 5.74) is 2.30. The predicted molar refractivity (Wildman–Crippen MR) is 100 cm³/mol. The quantitative estimate of drug-likeness (QED) is 0.828. The molecular weight excluding hydrogens is 326 g/mol. The van der Waals surface area contributed by atoms with E-state index in [0.717, 1.165) is 56.0 Å². The van der Waals surface area contributed by atoms with E-state index in [1.165, 1.54) is 18.5 Å². The number of hydrogen-bond acceptors (Lipinski definition) is 3. The van der Waals surface area contributed by atoms with Crippen LogP contribution in [-0.2, 0) is 17.8 Å². The first-order chi connectivity index (χ1) is 12.8. The third-order valence-electron chi connectivity index (χ3n) is 5.69. The number of fused-ring (bicyclic) bond motifs is 1. The Morgan fingerprint density at radius 3 is 2.81 bits per heavy atom. The minimum Gasteiger partial charge on any atom is -0.497 e. The van der Waals surface area contributed by atoms with E-state index >= 15 is 0 Å². The number of hydrogen-bond donors (Lipinski definition) is 0. The minimum atomic E-state index is 0.0255. The van der Waals surface area contributed by atoms with E-state index in [0.29, 0.717) is 6.42 Å². The van der Waals surface area contributed by atoms with Gasteiger partial charge in [0.15, 0.2) is 0 Å². The number of aromatic nitrogens is 2. The monoisotopic (exact) mass is 353 g/mol. The highest BCUT2D eigenvalue weighted by Gasteiger charge is 2.28. The third-order valence-corrected chi connectivity index (χ3v) is 5.69. The van der Waals surface area contributed by atoms with Gasteiger partial charge in [-0.1, -0.05) is 12.1 Å². The van der Waals surface area contributed by atoms with E-state index in [1.54, 1.807) is 7.11 Å². The van der Waals surface area contributed by atoms with Crippen molar-refractivity contribution in [3.05, 3.63) is 47.5 Å². The van der Waals surface area contributed by atoms with Gasteiger partial charge in [0.2, 0.25) is 5.91 Å². The molecular formula is C21H27N3O2. The molecule has 2 aliphatic rings. The molecule has 0 saturated carbocycles. The topological polar surface area (TPSA) is 47.4 Å². The van der Waals surface area contributed by atoms with Gasteiger partial charge in [0.05, 0.1) is 7.11 Å². The standard InChI is InChI=1S/C21H27N3O2/c1-26-17-8-6-7-16(13-17)18(14-21(25)23-10-4-5-11-23)19-15-22-20-9-2-3-12-24(19)20/h6-8,13,15,18H,2-5,9-12,14H2,1H3/t18-/m1/s1. The first kappa shape index (κ1) is 17.1. The second-order valence-corrected chi connectivity index (χ2v) is 7.33. The summed E-state index contributed by atoms with van der Waals surface area (Å²) in [4.78, 5) is 19.6. The molecule has 0 N–H and O–H groups in total. The van der Waals surface area contributed by atoms with Crippen molar-refractivity contribution in [1.29, 1.82) is 0 Å². The molecule has 1 aromatic carbocycles. The molecule has 0 aliphatic carbocycles. The zero-order chi connectivity index (χ0) is 17.9. The number of nitrogens with zero attached hydrogens (tertiary/aromatic N) is 3. The maximum absolute atomic E-state index is 12.9. The van der Waals surface area contributed by atoms with Crippen molar-refractivity contribution in [2.24, 2.45) is 0 Å². The van der Waals surface area contributed by atoms with E-state index in [2.05, 4.69) is 21.7 Å². The van der Waals surface area contributed by atoms with Crippen molar-refractivity contribution in [1.82, 2.24) is 14.5 Å². The average Bonchev–Trinajstić information content (AvgIpc) is 3.36. The molecule has 0 unspecified atom stereocenters. The highest BCUT2D eigenvalue weighted by Crippen LogP contribution is 2.33. The lowest BCUT2D eigenvalue weighted by molar-refractivity contribution is -0.130. The van der Waals surface area contributed by atoms with Crippen LogP contribution in [0.25, 0.3) is 0 Å². The van der Waals surface area contributed by atoms with Gasteiger partial charge in [-0.15, -0.1) is 0 Å². The molecule has 4 rings (SSSR count). The Bertz CT molecular complexity index is 777. The fourth-order valence-corrected chi connectivity index (χ4v) is 4.24. The number of carbonyl (C=O) groups is 1. The van der Waals surface area contributed by atoms with Crippen molar-refractivity contribution in [3.63, 3.8) is 0 Å². The highest BCUT2D eigenvalue weighted by atomic mass is 16.5. The van der Waals surface area contributed by atoms with Crippen LogP contribution in [0.4, 0.5) is 0 Å². The second kappa shape index (κ2) is 7.52. The molecule has 1 aromatic heterocycles. The molecule has 0 bridgehead atoms. The SMILES string of the molecule is COc1cccc([C@@H](CC(=O)N2CCCC2)c2cnc3n2CCCC3)c1. The lowest BCUT2D eigenvalue weighted by Gasteiger charge is -2.24. The van der Waals surface area contributed by atoms with Gasteiger partial charge in [-0.2, -0.15) is 0 Å². The molecule has 5 nitrogen and oxygen atoms in total. The Hall–Kier alpha value is -2.30. The summed E-state index contributed by atoms with van der Waals surface area (Å²) in [6.07, 6.45) is 8.15. The van der Waals surface area contributed by atoms with E-state index in [-0.39, 0.29) is 11.8 Å². The van der Waals surface area contributed by atoms with Gasteiger partial charge in [-0.25, -0.2) is 4.98 Å². The first-order valence-electron chi connectivity index (χ1n) is 9.72. The van der Waals surface area contributed by atoms with Crippen molar-refractivity contribution in [2.45, 2.75) is 51.0 Å². The lowest BCUT2D eigenvalue weighted by atomic mass is 9.91. The van der Waals surface area contributed by atoms with Crippen LogP contribution in [0.2, 0.25) is 0 Å². The summed E-state index contributed by atoms with van der Waals surface area (Å²) >= 11 is 0. The van der Waals surface area contributed by atoms with Gasteiger partial charge in [0, 0.05) is 50.3 Å². The van der Waals surface area contributed by atoms with Crippen LogP contribution in [0.5, 0.6) is 5.75 Å². The molecule has 138 valence electrons. The van der Waals surface area contributed by atoms with Gasteiger partial charge < -0.3 is 14.2 Å². The van der Waals surface area contributed by atoms with Crippen molar-refractivity contribution >= 4 is 5.91 Å². The Labute approximate surface area is 155 Å². The number of methoxy groups -OCH3 is 1. The highest BCUT2D eigenvalue weighted by molar-refractivity contribution is 5.78. The summed E-state index contributed by atoms with van der Waals surface area (Å²) in [6.45, 7) is 2.80. The van der Waals surface area contributed by atoms with E-state index in [4.69, 9.17) is 4.74 Å². The summed E-state index contributed by atoms with van der Waals surface area (Å²) in [6, 6.07) is 8.13. The molecule has 0 spiro atoms. The third kappa shape index (κ3) is 3.35. The molecule has 2 aliphatic heterocycles. The number of amides is 1. The normalized spacial score (nSPS) is 17.8. The zero-order valence-corrected chi connectivity index (χ0v) is 15.5. The number of benzene rings is 1. The second-order valence-electron chi connectivity index (χ2n) is 7.33. The average molecular weight is 353 g/mol. The van der Waals surface area contributed by atoms with Gasteiger partial charge in [0.1, 0.15) is 11.6 Å². The van der Waals surface area contributed by atoms with Crippen LogP contribution in [-0.4, -0.2) is 40.6 Å². The maximum Gasteiger partial charge on any atom is 0.223 e. The Kier molecular flexibility index (Phi) is 4.96. The molecule has 0 radical (unpaired) electrons. The van der Waals surface area contributed by atoms with Crippen LogP contribution in [0, 0.1) is 0 Å². The van der Waals surface area contributed by atoms with Crippen molar-refractivity contribution in [3.8, 4) is 5.75 Å². The van der Waals surface area contributed by atoms with Gasteiger partial charge in [-0.05, 0) is 43.4 Å². The van der Waals surface area contributed by atoms with Crippen LogP contribution in [0.1, 0.15) is 55.1 Å². The molecule has 5 heteroatoms. The van der Waals surface area contributed by atoms with Crippen LogP contribution in [0.15, 0.2) is 30.5 Å². The van der Waals surface area contributed by atoms with E-state index in [9.17, 15) is 4.79 Å². The molecule has 1 saturated heterocycles. The Morgan fingerprint density at radius 1 is 1.19 bits per heavy atom. The van der Waals surface area contributed by atoms with Gasteiger partial charge in [0.25, 0.3) is 0 Å². The molecule has 3 heterocycles. The van der Waals surface area contributed by atoms with E-state index < -0.39 is 0 Å². The summed E-state index contributed by atoms with van der Waals surface area (Å²) < 4.78 is 7.76. The largest absolute Gasteiger partial charge is 0.497 e. The minimum absolute atomic E-state index is 0.0255. The fourth-order valence-electron chi connectivity index (χ4n) is 4.24. The maximum atomic E-state index is 12.9. The van der Waals surface area contributed by atoms with E-state index in [1.807, 2.05) is 23.2 Å². The molecule has 1 atom stereocenters. The number of ether oxygens (including phenoxy) is 1. The zero-order valence-electron chi connectivity index (χ0n) is 15.5. The number of likely N-dealkylation sites (tertiary alicyclic amines) is 1. The van der Waals surface area contributed by atoms with Crippen molar-refractivity contribution in [2.75, 3.05) is 20.2 Å². The molecule has 26 heavy (non-hydrogen) atoms. The molecule has 1 fully saturated rings. The summed E-state index contributed by atoms with van der Waals surface area (Å²) in [5, 5.41) is 0. The smallest absolute Gasteiger partial charge is 0.223 e. The van der Waals surface area contributed by atoms with Crippen LogP contribution >= 0.6 is 0 Å².